The maximum atomic E-state index is 12.1. The summed E-state index contributed by atoms with van der Waals surface area (Å²) in [6.07, 6.45) is 0. The van der Waals surface area contributed by atoms with Crippen molar-refractivity contribution in [1.29, 1.82) is 0 Å². The minimum absolute atomic E-state index is 0.201. The molecular formula is C20H19N3O6S. The van der Waals surface area contributed by atoms with Gasteiger partial charge < -0.3 is 25.0 Å². The Bertz CT molecular complexity index is 1050. The number of nitrogens with one attached hydrogen (secondary N) is 1. The first-order valence-corrected chi connectivity index (χ1v) is 9.72. The molecule has 3 N–H and O–H groups in total. The predicted molar refractivity (Wildman–Crippen MR) is 109 cm³/mol. The van der Waals surface area contributed by atoms with Crippen molar-refractivity contribution in [2.24, 2.45) is 5.73 Å². The van der Waals surface area contributed by atoms with E-state index in [-0.39, 0.29) is 11.1 Å². The Morgan fingerprint density at radius 1 is 1.17 bits per heavy atom. The molecule has 0 aliphatic carbocycles. The van der Waals surface area contributed by atoms with E-state index in [0.717, 1.165) is 22.6 Å². The second kappa shape index (κ2) is 9.23. The van der Waals surface area contributed by atoms with Crippen LogP contribution >= 0.6 is 11.3 Å². The van der Waals surface area contributed by atoms with Crippen LogP contribution in [0.3, 0.4) is 0 Å². The van der Waals surface area contributed by atoms with Gasteiger partial charge in [-0.3, -0.25) is 9.59 Å². The number of aromatic nitrogens is 1. The predicted octanol–water partition coefficient (Wildman–Crippen LogP) is 2.83. The van der Waals surface area contributed by atoms with Crippen molar-refractivity contribution in [2.45, 2.75) is 20.5 Å². The number of carbonyl (C=O) groups is 3. The molecule has 0 radical (unpaired) electrons. The van der Waals surface area contributed by atoms with Crippen LogP contribution in [0, 0.1) is 13.8 Å². The van der Waals surface area contributed by atoms with Crippen molar-refractivity contribution >= 4 is 34.1 Å². The first-order chi connectivity index (χ1) is 14.3. The molecule has 2 heterocycles. The molecule has 0 aliphatic heterocycles. The monoisotopic (exact) mass is 429 g/mol. The van der Waals surface area contributed by atoms with E-state index in [2.05, 4.69) is 10.5 Å². The molecule has 0 aliphatic rings. The van der Waals surface area contributed by atoms with Gasteiger partial charge in [0.05, 0.1) is 22.4 Å². The van der Waals surface area contributed by atoms with E-state index in [1.54, 1.807) is 24.4 Å². The smallest absolute Gasteiger partial charge is 0.338 e. The third kappa shape index (κ3) is 5.03. The highest BCUT2D eigenvalue weighted by molar-refractivity contribution is 7.14. The van der Waals surface area contributed by atoms with Crippen molar-refractivity contribution in [3.63, 3.8) is 0 Å². The zero-order valence-corrected chi connectivity index (χ0v) is 17.1. The standard InChI is InChI=1S/C20H19N3O6S/c1-11-16(12(2)29-23-11)9-27-14-5-3-13(4-6-14)20(26)28-10-17(24)22-19-15(18(21)25)7-8-30-19/h3-8H,9-10H2,1-2H3,(H2,21,25)(H,22,24). The molecule has 0 atom stereocenters. The van der Waals surface area contributed by atoms with Gasteiger partial charge in [0.2, 0.25) is 0 Å². The average molecular weight is 429 g/mol. The molecule has 0 saturated carbocycles. The minimum Gasteiger partial charge on any atom is -0.489 e. The maximum Gasteiger partial charge on any atom is 0.338 e. The van der Waals surface area contributed by atoms with Crippen LogP contribution in [-0.4, -0.2) is 29.5 Å². The fourth-order valence-corrected chi connectivity index (χ4v) is 3.34. The largest absolute Gasteiger partial charge is 0.489 e. The SMILES string of the molecule is Cc1noc(C)c1COc1ccc(C(=O)OCC(=O)Nc2sccc2C(N)=O)cc1. The number of primary amides is 1. The molecule has 10 heteroatoms. The van der Waals surface area contributed by atoms with Crippen LogP contribution < -0.4 is 15.8 Å². The molecule has 30 heavy (non-hydrogen) atoms. The number of ether oxygens (including phenoxy) is 2. The highest BCUT2D eigenvalue weighted by Gasteiger charge is 2.15. The van der Waals surface area contributed by atoms with Gasteiger partial charge in [0, 0.05) is 0 Å². The number of thiophene rings is 1. The van der Waals surface area contributed by atoms with Crippen molar-refractivity contribution in [3.8, 4) is 5.75 Å². The molecule has 3 rings (SSSR count). The summed E-state index contributed by atoms with van der Waals surface area (Å²) < 4.78 is 15.8. The molecule has 0 unspecified atom stereocenters. The van der Waals surface area contributed by atoms with E-state index in [1.165, 1.54) is 18.2 Å². The van der Waals surface area contributed by atoms with Crippen molar-refractivity contribution in [3.05, 3.63) is 63.9 Å². The van der Waals surface area contributed by atoms with E-state index in [4.69, 9.17) is 19.7 Å². The normalized spacial score (nSPS) is 10.5. The van der Waals surface area contributed by atoms with Gasteiger partial charge in [-0.2, -0.15) is 0 Å². The van der Waals surface area contributed by atoms with Gasteiger partial charge in [-0.15, -0.1) is 11.3 Å². The Hall–Kier alpha value is -3.66. The van der Waals surface area contributed by atoms with E-state index >= 15 is 0 Å². The number of anilines is 1. The summed E-state index contributed by atoms with van der Waals surface area (Å²) in [5.74, 6) is -0.644. The van der Waals surface area contributed by atoms with E-state index < -0.39 is 24.4 Å². The second-order valence-corrected chi connectivity index (χ2v) is 7.18. The number of rotatable bonds is 8. The fraction of sp³-hybridized carbons (Fsp3) is 0.200. The molecule has 0 bridgehead atoms. The molecule has 156 valence electrons. The van der Waals surface area contributed by atoms with Crippen LogP contribution in [0.5, 0.6) is 5.75 Å². The first kappa shape index (κ1) is 21.1. The van der Waals surface area contributed by atoms with Gasteiger partial charge in [-0.1, -0.05) is 5.16 Å². The van der Waals surface area contributed by atoms with Crippen molar-refractivity contribution in [2.75, 3.05) is 11.9 Å². The number of nitrogens with zero attached hydrogens (tertiary/aromatic N) is 1. The number of hydrogen-bond donors (Lipinski definition) is 2. The van der Waals surface area contributed by atoms with Crippen molar-refractivity contribution < 1.29 is 28.4 Å². The highest BCUT2D eigenvalue weighted by atomic mass is 32.1. The lowest BCUT2D eigenvalue weighted by atomic mass is 10.2. The molecule has 3 aromatic rings. The number of esters is 1. The minimum atomic E-state index is -0.663. The summed E-state index contributed by atoms with van der Waals surface area (Å²) in [5.41, 5.74) is 7.32. The molecule has 0 saturated heterocycles. The summed E-state index contributed by atoms with van der Waals surface area (Å²) in [6.45, 7) is 3.43. The molecule has 2 amide bonds. The zero-order chi connectivity index (χ0) is 21.7. The summed E-state index contributed by atoms with van der Waals surface area (Å²) in [7, 11) is 0. The number of benzene rings is 1. The Labute approximate surface area is 175 Å². The molecule has 0 spiro atoms. The van der Waals surface area contributed by atoms with Gasteiger partial charge in [-0.25, -0.2) is 4.79 Å². The van der Waals surface area contributed by atoms with Gasteiger partial charge in [0.1, 0.15) is 23.1 Å². The summed E-state index contributed by atoms with van der Waals surface area (Å²) in [4.78, 5) is 35.4. The summed E-state index contributed by atoms with van der Waals surface area (Å²) in [5, 5.41) is 8.29. The Balaban J connectivity index is 1.50. The fourth-order valence-electron chi connectivity index (χ4n) is 2.53. The van der Waals surface area contributed by atoms with Gasteiger partial charge >= 0.3 is 5.97 Å². The van der Waals surface area contributed by atoms with Gasteiger partial charge in [0.25, 0.3) is 11.8 Å². The van der Waals surface area contributed by atoms with Gasteiger partial charge in [0.15, 0.2) is 6.61 Å². The van der Waals surface area contributed by atoms with Crippen LogP contribution in [0.15, 0.2) is 40.2 Å². The Morgan fingerprint density at radius 3 is 2.53 bits per heavy atom. The molecule has 9 nitrogen and oxygen atoms in total. The third-order valence-electron chi connectivity index (χ3n) is 4.17. The molecule has 0 fully saturated rings. The quantitative estimate of drug-likeness (QED) is 0.526. The number of hydrogen-bond acceptors (Lipinski definition) is 8. The van der Waals surface area contributed by atoms with E-state index in [9.17, 15) is 14.4 Å². The molecule has 2 aromatic heterocycles. The first-order valence-electron chi connectivity index (χ1n) is 8.84. The van der Waals surface area contributed by atoms with Crippen molar-refractivity contribution in [1.82, 2.24) is 5.16 Å². The molecule has 1 aromatic carbocycles. The summed E-state index contributed by atoms with van der Waals surface area (Å²) in [6, 6.07) is 7.82. The number of nitrogens with two attached hydrogens (primary N) is 1. The zero-order valence-electron chi connectivity index (χ0n) is 16.3. The topological polar surface area (TPSA) is 134 Å². The van der Waals surface area contributed by atoms with Crippen LogP contribution in [-0.2, 0) is 16.1 Å². The van der Waals surface area contributed by atoms with Crippen LogP contribution in [0.25, 0.3) is 0 Å². The Kier molecular flexibility index (Phi) is 6.48. The van der Waals surface area contributed by atoms with E-state index in [1.807, 2.05) is 6.92 Å². The van der Waals surface area contributed by atoms with Gasteiger partial charge in [-0.05, 0) is 49.6 Å². The van der Waals surface area contributed by atoms with E-state index in [0.29, 0.717) is 23.1 Å². The maximum absolute atomic E-state index is 12.1. The lowest BCUT2D eigenvalue weighted by Crippen LogP contribution is -2.22. The molecular weight excluding hydrogens is 410 g/mol. The van der Waals surface area contributed by atoms with Crippen LogP contribution in [0.1, 0.15) is 37.7 Å². The summed E-state index contributed by atoms with van der Waals surface area (Å²) >= 11 is 1.15. The average Bonchev–Trinajstić information content (AvgIpc) is 3.31. The number of amides is 2. The number of aryl methyl sites for hydroxylation is 2. The highest BCUT2D eigenvalue weighted by Crippen LogP contribution is 2.22. The lowest BCUT2D eigenvalue weighted by molar-refractivity contribution is -0.119. The lowest BCUT2D eigenvalue weighted by Gasteiger charge is -2.08. The third-order valence-corrected chi connectivity index (χ3v) is 5.00. The van der Waals surface area contributed by atoms with Crippen LogP contribution in [0.4, 0.5) is 5.00 Å². The Morgan fingerprint density at radius 2 is 1.90 bits per heavy atom. The van der Waals surface area contributed by atoms with Crippen LogP contribution in [0.2, 0.25) is 0 Å². The number of carbonyl (C=O) groups excluding carboxylic acids is 3. The second-order valence-electron chi connectivity index (χ2n) is 6.27.